The van der Waals surface area contributed by atoms with E-state index in [-0.39, 0.29) is 12.1 Å². The molecule has 2 heterocycles. The Morgan fingerprint density at radius 3 is 2.73 bits per heavy atom. The van der Waals surface area contributed by atoms with Gasteiger partial charge in [-0.05, 0) is 24.1 Å². The number of hydrogen-bond donors (Lipinski definition) is 0. The molecule has 0 spiro atoms. The number of unbranched alkanes of at least 4 members (excludes halogenated alkanes) is 1. The van der Waals surface area contributed by atoms with Gasteiger partial charge in [-0.15, -0.1) is 11.3 Å². The largest absolute Gasteiger partial charge is 0.497 e. The molecule has 0 aliphatic heterocycles. The minimum atomic E-state index is -0.428. The van der Waals surface area contributed by atoms with Gasteiger partial charge in [-0.3, -0.25) is 14.2 Å². The number of benzene rings is 1. The normalized spacial score (nSPS) is 10.8. The number of hydrogen-bond acceptors (Lipinski definition) is 6. The van der Waals surface area contributed by atoms with Gasteiger partial charge in [-0.25, -0.2) is 4.98 Å². The number of aromatic nitrogens is 2. The van der Waals surface area contributed by atoms with E-state index in [4.69, 9.17) is 9.47 Å². The summed E-state index contributed by atoms with van der Waals surface area (Å²) in [6, 6.07) is 7.49. The van der Waals surface area contributed by atoms with E-state index in [9.17, 15) is 9.59 Å². The fourth-order valence-electron chi connectivity index (χ4n) is 2.58. The summed E-state index contributed by atoms with van der Waals surface area (Å²) in [6.07, 6.45) is 3.16. The van der Waals surface area contributed by atoms with Crippen molar-refractivity contribution >= 4 is 27.5 Å². The first kappa shape index (κ1) is 18.1. The average molecular weight is 372 g/mol. The van der Waals surface area contributed by atoms with Gasteiger partial charge in [0.05, 0.1) is 25.4 Å². The molecule has 0 aliphatic rings. The molecular formula is C19H20N2O4S. The van der Waals surface area contributed by atoms with Crippen molar-refractivity contribution in [2.45, 2.75) is 26.3 Å². The Balaban J connectivity index is 1.92. The van der Waals surface area contributed by atoms with E-state index in [0.717, 1.165) is 29.7 Å². The number of esters is 1. The van der Waals surface area contributed by atoms with Crippen LogP contribution < -0.4 is 10.3 Å². The monoisotopic (exact) mass is 372 g/mol. The third-order valence-electron chi connectivity index (χ3n) is 4.02. The summed E-state index contributed by atoms with van der Waals surface area (Å²) >= 11 is 1.41. The second kappa shape index (κ2) is 8.14. The van der Waals surface area contributed by atoms with Gasteiger partial charge in [0.25, 0.3) is 5.56 Å². The quantitative estimate of drug-likeness (QED) is 0.469. The molecule has 136 valence electrons. The fourth-order valence-corrected chi connectivity index (χ4v) is 3.48. The van der Waals surface area contributed by atoms with Crippen LogP contribution in [0.1, 0.15) is 19.8 Å². The third kappa shape index (κ3) is 3.77. The van der Waals surface area contributed by atoms with Gasteiger partial charge in [-0.2, -0.15) is 0 Å². The van der Waals surface area contributed by atoms with Crippen molar-refractivity contribution in [2.75, 3.05) is 13.7 Å². The SMILES string of the molecule is CCCCOC(=O)Cn1cnc2scc(-c3ccc(OC)cc3)c2c1=O. The maximum atomic E-state index is 12.9. The number of ether oxygens (including phenoxy) is 2. The van der Waals surface area contributed by atoms with E-state index >= 15 is 0 Å². The second-order valence-electron chi connectivity index (χ2n) is 5.81. The highest BCUT2D eigenvalue weighted by Crippen LogP contribution is 2.31. The molecule has 0 aliphatic carbocycles. The van der Waals surface area contributed by atoms with E-state index in [1.54, 1.807) is 7.11 Å². The first-order valence-electron chi connectivity index (χ1n) is 8.40. The minimum Gasteiger partial charge on any atom is -0.497 e. The van der Waals surface area contributed by atoms with Gasteiger partial charge < -0.3 is 9.47 Å². The second-order valence-corrected chi connectivity index (χ2v) is 6.67. The van der Waals surface area contributed by atoms with Crippen LogP contribution in [0.2, 0.25) is 0 Å². The Morgan fingerprint density at radius 1 is 1.27 bits per heavy atom. The molecule has 2 aromatic heterocycles. The van der Waals surface area contributed by atoms with Crippen molar-refractivity contribution < 1.29 is 14.3 Å². The lowest BCUT2D eigenvalue weighted by Gasteiger charge is -2.07. The van der Waals surface area contributed by atoms with E-state index in [1.165, 1.54) is 22.2 Å². The van der Waals surface area contributed by atoms with Crippen LogP contribution in [0.4, 0.5) is 0 Å². The van der Waals surface area contributed by atoms with Gasteiger partial charge in [0.2, 0.25) is 0 Å². The minimum absolute atomic E-state index is 0.136. The van der Waals surface area contributed by atoms with E-state index in [2.05, 4.69) is 4.98 Å². The van der Waals surface area contributed by atoms with E-state index < -0.39 is 5.97 Å². The molecule has 6 nitrogen and oxygen atoms in total. The maximum absolute atomic E-state index is 12.9. The predicted octanol–water partition coefficient (Wildman–Crippen LogP) is 3.48. The first-order chi connectivity index (χ1) is 12.6. The standard InChI is InChI=1S/C19H20N2O4S/c1-3-4-9-25-16(22)10-21-12-20-18-17(19(21)23)15(11-26-18)13-5-7-14(24-2)8-6-13/h5-8,11-12H,3-4,9-10H2,1-2H3. The van der Waals surface area contributed by atoms with Crippen LogP contribution in [0.25, 0.3) is 21.3 Å². The highest BCUT2D eigenvalue weighted by molar-refractivity contribution is 7.17. The zero-order valence-corrected chi connectivity index (χ0v) is 15.5. The number of nitrogens with zero attached hydrogens (tertiary/aromatic N) is 2. The number of thiophene rings is 1. The Labute approximate surface area is 155 Å². The van der Waals surface area contributed by atoms with Gasteiger partial charge in [0.1, 0.15) is 17.1 Å². The van der Waals surface area contributed by atoms with Crippen molar-refractivity contribution in [3.63, 3.8) is 0 Å². The van der Waals surface area contributed by atoms with Crippen molar-refractivity contribution in [1.82, 2.24) is 9.55 Å². The highest BCUT2D eigenvalue weighted by atomic mass is 32.1. The summed E-state index contributed by atoms with van der Waals surface area (Å²) < 4.78 is 11.6. The number of carbonyl (C=O) groups is 1. The number of fused-ring (bicyclic) bond motifs is 1. The molecule has 0 amide bonds. The summed E-state index contributed by atoms with van der Waals surface area (Å²) in [5.41, 5.74) is 1.47. The third-order valence-corrected chi connectivity index (χ3v) is 4.91. The lowest BCUT2D eigenvalue weighted by molar-refractivity contribution is -0.144. The Kier molecular flexibility index (Phi) is 5.68. The molecule has 7 heteroatoms. The maximum Gasteiger partial charge on any atom is 0.326 e. The molecule has 0 bridgehead atoms. The summed E-state index contributed by atoms with van der Waals surface area (Å²) in [6.45, 7) is 2.26. The van der Waals surface area contributed by atoms with Crippen molar-refractivity contribution in [2.24, 2.45) is 0 Å². The lowest BCUT2D eigenvalue weighted by Crippen LogP contribution is -2.25. The van der Waals surface area contributed by atoms with E-state index in [0.29, 0.717) is 16.8 Å². The van der Waals surface area contributed by atoms with Gasteiger partial charge >= 0.3 is 5.97 Å². The summed E-state index contributed by atoms with van der Waals surface area (Å²) in [5.74, 6) is 0.321. The number of carbonyl (C=O) groups excluding carboxylic acids is 1. The molecule has 0 radical (unpaired) electrons. The Hall–Kier alpha value is -2.67. The molecule has 0 N–H and O–H groups in total. The molecule has 3 aromatic rings. The first-order valence-corrected chi connectivity index (χ1v) is 9.28. The van der Waals surface area contributed by atoms with Gasteiger partial charge in [0.15, 0.2) is 0 Å². The van der Waals surface area contributed by atoms with Crippen molar-refractivity contribution in [3.8, 4) is 16.9 Å². The van der Waals surface area contributed by atoms with Crippen LogP contribution in [0.3, 0.4) is 0 Å². The van der Waals surface area contributed by atoms with Crippen molar-refractivity contribution in [3.05, 3.63) is 46.3 Å². The summed E-state index contributed by atoms with van der Waals surface area (Å²) in [5, 5.41) is 2.43. The molecule has 26 heavy (non-hydrogen) atoms. The topological polar surface area (TPSA) is 70.4 Å². The molecule has 0 saturated heterocycles. The smallest absolute Gasteiger partial charge is 0.326 e. The molecule has 0 saturated carbocycles. The van der Waals surface area contributed by atoms with Gasteiger partial charge in [-0.1, -0.05) is 25.5 Å². The number of rotatable bonds is 7. The van der Waals surface area contributed by atoms with Crippen LogP contribution in [0.5, 0.6) is 5.75 Å². The summed E-state index contributed by atoms with van der Waals surface area (Å²) in [4.78, 5) is 29.8. The predicted molar refractivity (Wildman–Crippen MR) is 102 cm³/mol. The Morgan fingerprint density at radius 2 is 2.04 bits per heavy atom. The van der Waals surface area contributed by atoms with Crippen LogP contribution in [-0.2, 0) is 16.1 Å². The molecule has 0 fully saturated rings. The molecule has 0 unspecified atom stereocenters. The average Bonchev–Trinajstić information content (AvgIpc) is 3.09. The highest BCUT2D eigenvalue weighted by Gasteiger charge is 2.15. The molecule has 1 aromatic carbocycles. The van der Waals surface area contributed by atoms with Crippen LogP contribution in [0, 0.1) is 0 Å². The molecular weight excluding hydrogens is 352 g/mol. The summed E-state index contributed by atoms with van der Waals surface area (Å²) in [7, 11) is 1.61. The van der Waals surface area contributed by atoms with Crippen LogP contribution >= 0.6 is 11.3 Å². The Bertz CT molecular complexity index is 960. The zero-order chi connectivity index (χ0) is 18.5. The zero-order valence-electron chi connectivity index (χ0n) is 14.7. The van der Waals surface area contributed by atoms with Gasteiger partial charge in [0, 0.05) is 10.9 Å². The van der Waals surface area contributed by atoms with Crippen LogP contribution in [0.15, 0.2) is 40.8 Å². The lowest BCUT2D eigenvalue weighted by atomic mass is 10.1. The van der Waals surface area contributed by atoms with E-state index in [1.807, 2.05) is 36.6 Å². The molecule has 3 rings (SSSR count). The number of methoxy groups -OCH3 is 1. The molecule has 0 atom stereocenters. The van der Waals surface area contributed by atoms with Crippen molar-refractivity contribution in [1.29, 1.82) is 0 Å². The fraction of sp³-hybridized carbons (Fsp3) is 0.316. The van der Waals surface area contributed by atoms with Crippen LogP contribution in [-0.4, -0.2) is 29.2 Å².